The Hall–Kier alpha value is -2.82. The fraction of sp³-hybridized carbons (Fsp3) is 0.304. The van der Waals surface area contributed by atoms with Crippen molar-refractivity contribution in [2.75, 3.05) is 32.1 Å². The number of carbonyl (C=O) groups excluding carboxylic acids is 1. The van der Waals surface area contributed by atoms with E-state index in [1.807, 2.05) is 0 Å². The lowest BCUT2D eigenvalue weighted by Gasteiger charge is -2.22. The number of sulfonamides is 1. The van der Waals surface area contributed by atoms with Crippen LogP contribution in [0.5, 0.6) is 0 Å². The highest BCUT2D eigenvalue weighted by Gasteiger charge is 2.25. The molecule has 0 aliphatic carbocycles. The molecule has 1 fully saturated rings. The minimum atomic E-state index is -3.70. The van der Waals surface area contributed by atoms with Crippen molar-refractivity contribution in [2.45, 2.75) is 24.3 Å². The number of ether oxygens (including phenoxy) is 1. The molecule has 1 aromatic heterocycles. The molecule has 10 heteroatoms. The largest absolute Gasteiger partial charge is 0.455 e. The first-order chi connectivity index (χ1) is 15.8. The molecule has 1 saturated heterocycles. The van der Waals surface area contributed by atoms with Crippen LogP contribution in [0.15, 0.2) is 52.7 Å². The van der Waals surface area contributed by atoms with Crippen molar-refractivity contribution in [1.29, 1.82) is 0 Å². The minimum absolute atomic E-state index is 0.0367. The van der Waals surface area contributed by atoms with Gasteiger partial charge in [0.2, 0.25) is 10.0 Å². The van der Waals surface area contributed by atoms with Crippen LogP contribution in [0.4, 0.5) is 10.1 Å². The first kappa shape index (κ1) is 23.3. The van der Waals surface area contributed by atoms with E-state index < -0.39 is 16.0 Å². The molecular formula is C23H24FN3O4S2. The van der Waals surface area contributed by atoms with E-state index in [2.05, 4.69) is 9.88 Å². The molecule has 1 aliphatic heterocycles. The number of esters is 1. The van der Waals surface area contributed by atoms with Crippen molar-refractivity contribution < 1.29 is 22.3 Å². The highest BCUT2D eigenvalue weighted by Crippen LogP contribution is 2.29. The van der Waals surface area contributed by atoms with E-state index in [0.29, 0.717) is 16.4 Å². The average Bonchev–Trinajstić information content (AvgIpc) is 3.50. The van der Waals surface area contributed by atoms with Crippen LogP contribution >= 0.6 is 11.3 Å². The molecule has 33 heavy (non-hydrogen) atoms. The van der Waals surface area contributed by atoms with Gasteiger partial charge in [-0.1, -0.05) is 0 Å². The second kappa shape index (κ2) is 9.58. The number of aromatic nitrogens is 1. The molecule has 0 atom stereocenters. The van der Waals surface area contributed by atoms with Crippen LogP contribution in [0, 0.1) is 5.82 Å². The molecule has 0 radical (unpaired) electrons. The van der Waals surface area contributed by atoms with E-state index in [4.69, 9.17) is 4.74 Å². The van der Waals surface area contributed by atoms with Gasteiger partial charge in [-0.05, 0) is 55.3 Å². The molecule has 1 aliphatic rings. The summed E-state index contributed by atoms with van der Waals surface area (Å²) in [5, 5.41) is 2.47. The van der Waals surface area contributed by atoms with Gasteiger partial charge in [-0.25, -0.2) is 26.9 Å². The van der Waals surface area contributed by atoms with Gasteiger partial charge < -0.3 is 9.64 Å². The fourth-order valence-corrected chi connectivity index (χ4v) is 5.34. The molecule has 0 unspecified atom stereocenters. The van der Waals surface area contributed by atoms with Crippen LogP contribution in [-0.2, 0) is 21.4 Å². The number of halogens is 1. The maximum atomic E-state index is 13.2. The zero-order chi connectivity index (χ0) is 23.6. The third-order valence-electron chi connectivity index (χ3n) is 5.41. The van der Waals surface area contributed by atoms with E-state index in [1.165, 1.54) is 49.7 Å². The summed E-state index contributed by atoms with van der Waals surface area (Å²) >= 11 is 1.37. The Morgan fingerprint density at radius 1 is 1.15 bits per heavy atom. The van der Waals surface area contributed by atoms with E-state index in [0.717, 1.165) is 35.8 Å². The molecule has 2 aromatic carbocycles. The van der Waals surface area contributed by atoms with Crippen LogP contribution < -0.4 is 4.90 Å². The molecule has 0 bridgehead atoms. The van der Waals surface area contributed by atoms with Crippen molar-refractivity contribution in [2.24, 2.45) is 0 Å². The molecule has 3 aromatic rings. The Bertz CT molecular complexity index is 1250. The highest BCUT2D eigenvalue weighted by molar-refractivity contribution is 7.89. The Kier molecular flexibility index (Phi) is 6.78. The molecule has 7 nitrogen and oxygen atoms in total. The number of benzene rings is 2. The van der Waals surface area contributed by atoms with Crippen molar-refractivity contribution in [1.82, 2.24) is 9.29 Å². The molecule has 0 amide bonds. The number of hydrogen-bond acceptors (Lipinski definition) is 7. The van der Waals surface area contributed by atoms with Crippen LogP contribution in [0.25, 0.3) is 10.6 Å². The average molecular weight is 490 g/mol. The Balaban J connectivity index is 1.56. The normalized spacial score (nSPS) is 14.1. The lowest BCUT2D eigenvalue weighted by molar-refractivity contribution is 0.0469. The summed E-state index contributed by atoms with van der Waals surface area (Å²) in [5.41, 5.74) is 2.22. The first-order valence-corrected chi connectivity index (χ1v) is 12.8. The predicted molar refractivity (Wildman–Crippen MR) is 125 cm³/mol. The van der Waals surface area contributed by atoms with Crippen molar-refractivity contribution in [3.05, 3.63) is 64.9 Å². The monoisotopic (exact) mass is 489 g/mol. The Labute approximate surface area is 196 Å². The van der Waals surface area contributed by atoms with Gasteiger partial charge >= 0.3 is 5.97 Å². The summed E-state index contributed by atoms with van der Waals surface area (Å²) in [6, 6.07) is 10.6. The molecule has 4 rings (SSSR count). The number of nitrogens with zero attached hydrogens (tertiary/aromatic N) is 3. The molecule has 0 saturated carbocycles. The zero-order valence-electron chi connectivity index (χ0n) is 18.3. The number of anilines is 1. The Morgan fingerprint density at radius 2 is 1.85 bits per heavy atom. The fourth-order valence-electron chi connectivity index (χ4n) is 3.60. The summed E-state index contributed by atoms with van der Waals surface area (Å²) in [5.74, 6) is -0.930. The quantitative estimate of drug-likeness (QED) is 0.464. The van der Waals surface area contributed by atoms with Crippen molar-refractivity contribution >= 4 is 33.0 Å². The van der Waals surface area contributed by atoms with Gasteiger partial charge in [0.25, 0.3) is 0 Å². The second-order valence-electron chi connectivity index (χ2n) is 7.89. The molecule has 0 N–H and O–H groups in total. The molecule has 174 valence electrons. The van der Waals surface area contributed by atoms with E-state index in [-0.39, 0.29) is 22.9 Å². The molecule has 2 heterocycles. The van der Waals surface area contributed by atoms with Crippen LogP contribution in [-0.4, -0.2) is 50.9 Å². The minimum Gasteiger partial charge on any atom is -0.455 e. The van der Waals surface area contributed by atoms with Gasteiger partial charge in [-0.15, -0.1) is 11.3 Å². The summed E-state index contributed by atoms with van der Waals surface area (Å²) in [7, 11) is -0.807. The van der Waals surface area contributed by atoms with E-state index in [1.54, 1.807) is 23.6 Å². The first-order valence-electron chi connectivity index (χ1n) is 10.4. The lowest BCUT2D eigenvalue weighted by Crippen LogP contribution is -2.24. The SMILES string of the molecule is CN(C)S(=O)(=O)c1ccc(N2CCCC2)c(C(=O)OCc2csc(-c3ccc(F)cc3)n2)c1. The van der Waals surface area contributed by atoms with Gasteiger partial charge in [0.05, 0.1) is 21.8 Å². The number of carbonyl (C=O) groups is 1. The van der Waals surface area contributed by atoms with E-state index >= 15 is 0 Å². The van der Waals surface area contributed by atoms with Gasteiger partial charge in [-0.3, -0.25) is 0 Å². The third-order valence-corrected chi connectivity index (χ3v) is 8.16. The maximum absolute atomic E-state index is 13.2. The third kappa shape index (κ3) is 5.07. The van der Waals surface area contributed by atoms with Gasteiger partial charge in [0.15, 0.2) is 0 Å². The summed E-state index contributed by atoms with van der Waals surface area (Å²) in [4.78, 5) is 19.6. The molecular weight excluding hydrogens is 465 g/mol. The number of rotatable bonds is 7. The summed E-state index contributed by atoms with van der Waals surface area (Å²) in [6.07, 6.45) is 2.02. The number of hydrogen-bond donors (Lipinski definition) is 0. The smallest absolute Gasteiger partial charge is 0.340 e. The van der Waals surface area contributed by atoms with Crippen LogP contribution in [0.3, 0.4) is 0 Å². The van der Waals surface area contributed by atoms with Crippen LogP contribution in [0.2, 0.25) is 0 Å². The highest BCUT2D eigenvalue weighted by atomic mass is 32.2. The Morgan fingerprint density at radius 3 is 2.52 bits per heavy atom. The van der Waals surface area contributed by atoms with E-state index in [9.17, 15) is 17.6 Å². The number of thiazole rings is 1. The molecule has 0 spiro atoms. The van der Waals surface area contributed by atoms with Crippen molar-refractivity contribution in [3.8, 4) is 10.6 Å². The van der Waals surface area contributed by atoms with Crippen LogP contribution in [0.1, 0.15) is 28.9 Å². The standard InChI is InChI=1S/C23H24FN3O4S2/c1-26(2)33(29,30)19-9-10-21(27-11-3-4-12-27)20(13-19)23(28)31-14-18-15-32-22(25-18)16-5-7-17(24)8-6-16/h5-10,13,15H,3-4,11-12,14H2,1-2H3. The summed E-state index contributed by atoms with van der Waals surface area (Å²) in [6.45, 7) is 1.54. The van der Waals surface area contributed by atoms with Crippen molar-refractivity contribution in [3.63, 3.8) is 0 Å². The topological polar surface area (TPSA) is 79.8 Å². The maximum Gasteiger partial charge on any atom is 0.340 e. The second-order valence-corrected chi connectivity index (χ2v) is 10.9. The zero-order valence-corrected chi connectivity index (χ0v) is 20.0. The van der Waals surface area contributed by atoms with Gasteiger partial charge in [0.1, 0.15) is 17.4 Å². The summed E-state index contributed by atoms with van der Waals surface area (Å²) < 4.78 is 45.0. The predicted octanol–water partition coefficient (Wildman–Crippen LogP) is 4.16. The lowest BCUT2D eigenvalue weighted by atomic mass is 10.1. The van der Waals surface area contributed by atoms with Gasteiger partial charge in [0, 0.05) is 38.1 Å². The van der Waals surface area contributed by atoms with Gasteiger partial charge in [-0.2, -0.15) is 0 Å².